The number of carboxylic acid groups (broad SMARTS) is 1. The highest BCUT2D eigenvalue weighted by Gasteiger charge is 2.20. The Morgan fingerprint density at radius 2 is 2.11 bits per heavy atom. The normalized spacial score (nSPS) is 12.9. The number of carbonyl (C=O) groups is 2. The van der Waals surface area contributed by atoms with Crippen molar-refractivity contribution in [1.82, 2.24) is 10.3 Å². The minimum Gasteiger partial charge on any atom is -0.476 e. The molecule has 0 fully saturated rings. The third-order valence-corrected chi connectivity index (χ3v) is 2.87. The van der Waals surface area contributed by atoms with Gasteiger partial charge >= 0.3 is 12.1 Å². The van der Waals surface area contributed by atoms with Crippen molar-refractivity contribution in [2.75, 3.05) is 0 Å². The SMILES string of the molecule is C[C@H](NC(=O)OC(C)(C)C)c1nc(C(=O)O)cs1. The maximum absolute atomic E-state index is 11.5. The first-order valence-electron chi connectivity index (χ1n) is 5.37. The topological polar surface area (TPSA) is 88.5 Å². The van der Waals surface area contributed by atoms with Gasteiger partial charge in [0.25, 0.3) is 0 Å². The van der Waals surface area contributed by atoms with Gasteiger partial charge in [-0.25, -0.2) is 14.6 Å². The molecule has 7 heteroatoms. The van der Waals surface area contributed by atoms with E-state index in [0.29, 0.717) is 5.01 Å². The summed E-state index contributed by atoms with van der Waals surface area (Å²) in [6.07, 6.45) is -0.554. The van der Waals surface area contributed by atoms with Crippen LogP contribution in [0, 0.1) is 0 Å². The number of carbonyl (C=O) groups excluding carboxylic acids is 1. The largest absolute Gasteiger partial charge is 0.476 e. The molecule has 1 atom stereocenters. The summed E-state index contributed by atoms with van der Waals surface area (Å²) in [5.74, 6) is -1.08. The van der Waals surface area contributed by atoms with Gasteiger partial charge in [0.1, 0.15) is 10.6 Å². The number of ether oxygens (including phenoxy) is 1. The summed E-state index contributed by atoms with van der Waals surface area (Å²) >= 11 is 1.18. The third-order valence-electron chi connectivity index (χ3n) is 1.84. The summed E-state index contributed by atoms with van der Waals surface area (Å²) < 4.78 is 5.09. The zero-order valence-corrected chi connectivity index (χ0v) is 11.5. The van der Waals surface area contributed by atoms with Crippen LogP contribution in [0.4, 0.5) is 4.79 Å². The lowest BCUT2D eigenvalue weighted by Gasteiger charge is -2.21. The number of amides is 1. The predicted octanol–water partition coefficient (Wildman–Crippen LogP) is 2.43. The summed E-state index contributed by atoms with van der Waals surface area (Å²) in [5.41, 5.74) is -0.591. The lowest BCUT2D eigenvalue weighted by Crippen LogP contribution is -2.34. The molecule has 0 aliphatic heterocycles. The van der Waals surface area contributed by atoms with Crippen LogP contribution in [0.25, 0.3) is 0 Å². The third kappa shape index (κ3) is 4.33. The first kappa shape index (κ1) is 14.4. The lowest BCUT2D eigenvalue weighted by atomic mass is 10.2. The van der Waals surface area contributed by atoms with Gasteiger partial charge in [-0.1, -0.05) is 0 Å². The van der Waals surface area contributed by atoms with E-state index in [1.807, 2.05) is 0 Å². The molecule has 1 aromatic rings. The number of hydrogen-bond acceptors (Lipinski definition) is 5. The highest BCUT2D eigenvalue weighted by molar-refractivity contribution is 7.09. The van der Waals surface area contributed by atoms with Crippen LogP contribution in [0.2, 0.25) is 0 Å². The van der Waals surface area contributed by atoms with Crippen molar-refractivity contribution in [2.45, 2.75) is 39.3 Å². The Kier molecular flexibility index (Phi) is 4.28. The van der Waals surface area contributed by atoms with Gasteiger partial charge in [0.05, 0.1) is 6.04 Å². The Balaban J connectivity index is 2.62. The molecule has 1 rings (SSSR count). The first-order valence-corrected chi connectivity index (χ1v) is 6.25. The number of alkyl carbamates (subject to hydrolysis) is 1. The van der Waals surface area contributed by atoms with E-state index in [4.69, 9.17) is 9.84 Å². The molecule has 6 nitrogen and oxygen atoms in total. The number of aromatic carboxylic acids is 1. The van der Waals surface area contributed by atoms with Crippen molar-refractivity contribution in [3.8, 4) is 0 Å². The number of nitrogens with one attached hydrogen (secondary N) is 1. The van der Waals surface area contributed by atoms with Crippen LogP contribution >= 0.6 is 11.3 Å². The molecule has 0 spiro atoms. The zero-order chi connectivity index (χ0) is 13.9. The second-order valence-corrected chi connectivity index (χ2v) is 5.63. The maximum Gasteiger partial charge on any atom is 0.408 e. The molecule has 2 N–H and O–H groups in total. The van der Waals surface area contributed by atoms with Gasteiger partial charge in [-0.15, -0.1) is 11.3 Å². The molecule has 0 bridgehead atoms. The van der Waals surface area contributed by atoms with E-state index in [-0.39, 0.29) is 5.69 Å². The number of thiazole rings is 1. The van der Waals surface area contributed by atoms with Crippen LogP contribution in [0.5, 0.6) is 0 Å². The summed E-state index contributed by atoms with van der Waals surface area (Å²) in [4.78, 5) is 26.1. The van der Waals surface area contributed by atoms with Crippen LogP contribution in [0.1, 0.15) is 49.2 Å². The Morgan fingerprint density at radius 1 is 1.50 bits per heavy atom. The van der Waals surface area contributed by atoms with E-state index < -0.39 is 23.7 Å². The Labute approximate surface area is 109 Å². The minimum atomic E-state index is -1.08. The van der Waals surface area contributed by atoms with E-state index >= 15 is 0 Å². The molecule has 0 saturated heterocycles. The average molecular weight is 272 g/mol. The molecule has 0 aliphatic rings. The molecule has 1 aromatic heterocycles. The van der Waals surface area contributed by atoms with Gasteiger partial charge in [-0.05, 0) is 27.7 Å². The molecule has 1 amide bonds. The standard InChI is InChI=1S/C11H16N2O4S/c1-6(12-10(16)17-11(2,3)4)8-13-7(5-18-8)9(14)15/h5-6H,1-4H3,(H,12,16)(H,14,15)/t6-/m0/s1. The zero-order valence-electron chi connectivity index (χ0n) is 10.7. The first-order chi connectivity index (χ1) is 8.19. The van der Waals surface area contributed by atoms with E-state index in [2.05, 4.69) is 10.3 Å². The fourth-order valence-corrected chi connectivity index (χ4v) is 1.93. The molecule has 1 heterocycles. The average Bonchev–Trinajstić information content (AvgIpc) is 2.62. The fourth-order valence-electron chi connectivity index (χ4n) is 1.13. The fraction of sp³-hybridized carbons (Fsp3) is 0.545. The van der Waals surface area contributed by atoms with E-state index in [9.17, 15) is 9.59 Å². The molecular formula is C11H16N2O4S. The number of hydrogen-bond donors (Lipinski definition) is 2. The molecule has 0 radical (unpaired) electrons. The van der Waals surface area contributed by atoms with E-state index in [1.165, 1.54) is 16.7 Å². The summed E-state index contributed by atoms with van der Waals surface area (Å²) in [6, 6.07) is -0.391. The number of aromatic nitrogens is 1. The van der Waals surface area contributed by atoms with Gasteiger partial charge in [-0.2, -0.15) is 0 Å². The number of nitrogens with zero attached hydrogens (tertiary/aromatic N) is 1. The quantitative estimate of drug-likeness (QED) is 0.882. The van der Waals surface area contributed by atoms with Crippen molar-refractivity contribution >= 4 is 23.4 Å². The van der Waals surface area contributed by atoms with Crippen molar-refractivity contribution < 1.29 is 19.4 Å². The van der Waals surface area contributed by atoms with Gasteiger partial charge in [0.2, 0.25) is 0 Å². The summed E-state index contributed by atoms with van der Waals surface area (Å²) in [5, 5.41) is 13.3. The van der Waals surface area contributed by atoms with Crippen LogP contribution in [-0.4, -0.2) is 27.8 Å². The maximum atomic E-state index is 11.5. The smallest absolute Gasteiger partial charge is 0.408 e. The van der Waals surface area contributed by atoms with Crippen LogP contribution in [0.3, 0.4) is 0 Å². The van der Waals surface area contributed by atoms with Crippen LogP contribution < -0.4 is 5.32 Å². The second kappa shape index (κ2) is 5.34. The van der Waals surface area contributed by atoms with Gasteiger partial charge in [0, 0.05) is 5.38 Å². The summed E-state index contributed by atoms with van der Waals surface area (Å²) in [6.45, 7) is 7.02. The van der Waals surface area contributed by atoms with E-state index in [1.54, 1.807) is 27.7 Å². The monoisotopic (exact) mass is 272 g/mol. The van der Waals surface area contributed by atoms with Crippen molar-refractivity contribution in [3.05, 3.63) is 16.1 Å². The molecule has 0 unspecified atom stereocenters. The lowest BCUT2D eigenvalue weighted by molar-refractivity contribution is 0.0507. The highest BCUT2D eigenvalue weighted by atomic mass is 32.1. The number of carboxylic acids is 1. The van der Waals surface area contributed by atoms with Gasteiger partial charge in [-0.3, -0.25) is 0 Å². The van der Waals surface area contributed by atoms with Gasteiger partial charge < -0.3 is 15.2 Å². The molecule has 0 saturated carbocycles. The number of rotatable bonds is 3. The van der Waals surface area contributed by atoms with Crippen LogP contribution in [-0.2, 0) is 4.74 Å². The predicted molar refractivity (Wildman–Crippen MR) is 66.9 cm³/mol. The minimum absolute atomic E-state index is 0.0205. The molecule has 100 valence electrons. The Bertz CT molecular complexity index is 450. The van der Waals surface area contributed by atoms with Crippen molar-refractivity contribution in [2.24, 2.45) is 0 Å². The van der Waals surface area contributed by atoms with E-state index in [0.717, 1.165) is 0 Å². The Hall–Kier alpha value is -1.63. The summed E-state index contributed by atoms with van der Waals surface area (Å²) in [7, 11) is 0. The van der Waals surface area contributed by atoms with Crippen molar-refractivity contribution in [1.29, 1.82) is 0 Å². The molecular weight excluding hydrogens is 256 g/mol. The molecule has 0 aliphatic carbocycles. The van der Waals surface area contributed by atoms with Crippen molar-refractivity contribution in [3.63, 3.8) is 0 Å². The molecule has 0 aromatic carbocycles. The second-order valence-electron chi connectivity index (χ2n) is 4.74. The van der Waals surface area contributed by atoms with Gasteiger partial charge in [0.15, 0.2) is 5.69 Å². The highest BCUT2D eigenvalue weighted by Crippen LogP contribution is 2.18. The Morgan fingerprint density at radius 3 is 2.56 bits per heavy atom. The molecule has 18 heavy (non-hydrogen) atoms. The van der Waals surface area contributed by atoms with Crippen LogP contribution in [0.15, 0.2) is 5.38 Å².